The standard InChI is InChI=1S/C27H32N4O2/c1-28-16-18-30(19-17-28)25-24(22-10-6-3-7-11-22)26(32)31(27(25)33)23-12-14-29(15-13-23)20-21-8-4-2-5-9-21/h2-11,23H,12-20H2,1H3. The SMILES string of the molecule is CN1CCN(C2=C(c3ccccc3)C(=O)N(C3CCN(Cc4ccccc4)CC3)C2=O)CC1. The quantitative estimate of drug-likeness (QED) is 0.664. The highest BCUT2D eigenvalue weighted by molar-refractivity contribution is 6.35. The van der Waals surface area contributed by atoms with Gasteiger partial charge in [-0.1, -0.05) is 60.7 Å². The predicted molar refractivity (Wildman–Crippen MR) is 129 cm³/mol. The summed E-state index contributed by atoms with van der Waals surface area (Å²) in [6.45, 7) is 6.02. The number of rotatable bonds is 5. The van der Waals surface area contributed by atoms with Crippen LogP contribution in [0.15, 0.2) is 66.4 Å². The van der Waals surface area contributed by atoms with Gasteiger partial charge >= 0.3 is 0 Å². The first-order chi connectivity index (χ1) is 16.1. The maximum Gasteiger partial charge on any atom is 0.278 e. The van der Waals surface area contributed by atoms with E-state index in [0.29, 0.717) is 11.3 Å². The van der Waals surface area contributed by atoms with Crippen molar-refractivity contribution in [2.24, 2.45) is 0 Å². The molecule has 0 bridgehead atoms. The lowest BCUT2D eigenvalue weighted by Crippen LogP contribution is -2.50. The molecule has 2 aromatic rings. The van der Waals surface area contributed by atoms with Crippen molar-refractivity contribution in [2.75, 3.05) is 46.3 Å². The molecule has 3 aliphatic rings. The molecule has 0 aromatic heterocycles. The maximum atomic E-state index is 13.7. The Kier molecular flexibility index (Phi) is 6.29. The molecular weight excluding hydrogens is 412 g/mol. The highest BCUT2D eigenvalue weighted by atomic mass is 16.2. The van der Waals surface area contributed by atoms with Crippen LogP contribution < -0.4 is 0 Å². The van der Waals surface area contributed by atoms with Crippen LogP contribution in [0.3, 0.4) is 0 Å². The fourth-order valence-corrected chi connectivity index (χ4v) is 5.23. The Morgan fingerprint density at radius 2 is 1.36 bits per heavy atom. The van der Waals surface area contributed by atoms with Gasteiger partial charge in [-0.05, 0) is 31.0 Å². The predicted octanol–water partition coefficient (Wildman–Crippen LogP) is 2.68. The number of piperidine rings is 1. The molecule has 6 nitrogen and oxygen atoms in total. The highest BCUT2D eigenvalue weighted by Crippen LogP contribution is 2.35. The number of amides is 2. The number of imide groups is 1. The molecule has 0 unspecified atom stereocenters. The summed E-state index contributed by atoms with van der Waals surface area (Å²) in [5, 5.41) is 0. The van der Waals surface area contributed by atoms with Gasteiger partial charge in [0, 0.05) is 51.9 Å². The van der Waals surface area contributed by atoms with Crippen molar-refractivity contribution in [3.63, 3.8) is 0 Å². The van der Waals surface area contributed by atoms with Gasteiger partial charge in [0.2, 0.25) is 0 Å². The van der Waals surface area contributed by atoms with Crippen LogP contribution >= 0.6 is 0 Å². The normalized spacial score (nSPS) is 21.4. The molecule has 0 saturated carbocycles. The van der Waals surface area contributed by atoms with Gasteiger partial charge in [0.15, 0.2) is 0 Å². The van der Waals surface area contributed by atoms with Gasteiger partial charge in [0.25, 0.3) is 11.8 Å². The monoisotopic (exact) mass is 444 g/mol. The number of nitrogens with zero attached hydrogens (tertiary/aromatic N) is 4. The van der Waals surface area contributed by atoms with Gasteiger partial charge in [-0.25, -0.2) is 0 Å². The number of carbonyl (C=O) groups is 2. The second-order valence-electron chi connectivity index (χ2n) is 9.35. The number of piperazine rings is 1. The summed E-state index contributed by atoms with van der Waals surface area (Å²) in [4.78, 5) is 35.8. The zero-order chi connectivity index (χ0) is 22.8. The second kappa shape index (κ2) is 9.49. The molecule has 6 heteroatoms. The first kappa shape index (κ1) is 21.9. The van der Waals surface area contributed by atoms with Crippen LogP contribution in [0.2, 0.25) is 0 Å². The maximum absolute atomic E-state index is 13.7. The zero-order valence-electron chi connectivity index (χ0n) is 19.3. The van der Waals surface area contributed by atoms with Gasteiger partial charge in [-0.15, -0.1) is 0 Å². The van der Waals surface area contributed by atoms with E-state index in [9.17, 15) is 9.59 Å². The Morgan fingerprint density at radius 1 is 0.758 bits per heavy atom. The summed E-state index contributed by atoms with van der Waals surface area (Å²) in [6.07, 6.45) is 1.64. The zero-order valence-corrected chi connectivity index (χ0v) is 19.3. The minimum atomic E-state index is -0.123. The molecule has 2 saturated heterocycles. The lowest BCUT2D eigenvalue weighted by atomic mass is 10.0. The largest absolute Gasteiger partial charge is 0.364 e. The number of benzene rings is 2. The van der Waals surface area contributed by atoms with E-state index in [-0.39, 0.29) is 17.9 Å². The number of likely N-dealkylation sites (N-methyl/N-ethyl adjacent to an activating group) is 1. The lowest BCUT2D eigenvalue weighted by molar-refractivity contribution is -0.141. The molecule has 2 fully saturated rings. The second-order valence-corrected chi connectivity index (χ2v) is 9.35. The third kappa shape index (κ3) is 4.45. The van der Waals surface area contributed by atoms with Crippen LogP contribution in [0.25, 0.3) is 5.57 Å². The van der Waals surface area contributed by atoms with E-state index in [0.717, 1.165) is 64.2 Å². The number of likely N-dealkylation sites (tertiary alicyclic amines) is 1. The van der Waals surface area contributed by atoms with E-state index in [4.69, 9.17) is 0 Å². The van der Waals surface area contributed by atoms with E-state index >= 15 is 0 Å². The first-order valence-corrected chi connectivity index (χ1v) is 12.0. The van der Waals surface area contributed by atoms with Gasteiger partial charge < -0.3 is 9.80 Å². The van der Waals surface area contributed by atoms with E-state index in [1.54, 1.807) is 4.90 Å². The Hall–Kier alpha value is -2.96. The molecule has 172 valence electrons. The van der Waals surface area contributed by atoms with E-state index < -0.39 is 0 Å². The van der Waals surface area contributed by atoms with Crippen molar-refractivity contribution < 1.29 is 9.59 Å². The first-order valence-electron chi connectivity index (χ1n) is 12.0. The van der Waals surface area contributed by atoms with Crippen molar-refractivity contribution in [2.45, 2.75) is 25.4 Å². The van der Waals surface area contributed by atoms with E-state index in [1.165, 1.54) is 5.56 Å². The molecule has 2 amide bonds. The summed E-state index contributed by atoms with van der Waals surface area (Å²) in [5.41, 5.74) is 3.33. The Balaban J connectivity index is 1.35. The molecule has 2 aromatic carbocycles. The fraction of sp³-hybridized carbons (Fsp3) is 0.407. The Labute approximate surface area is 196 Å². The molecular formula is C27H32N4O2. The lowest BCUT2D eigenvalue weighted by Gasteiger charge is -2.37. The minimum Gasteiger partial charge on any atom is -0.364 e. The van der Waals surface area contributed by atoms with Gasteiger partial charge in [-0.2, -0.15) is 0 Å². The average Bonchev–Trinajstić information content (AvgIpc) is 3.11. The molecule has 0 spiro atoms. The fourth-order valence-electron chi connectivity index (χ4n) is 5.23. The van der Waals surface area contributed by atoms with Crippen molar-refractivity contribution in [1.29, 1.82) is 0 Å². The van der Waals surface area contributed by atoms with E-state index in [1.807, 2.05) is 36.4 Å². The third-order valence-corrected chi connectivity index (χ3v) is 7.14. The molecule has 5 rings (SSSR count). The summed E-state index contributed by atoms with van der Waals surface area (Å²) in [6, 6.07) is 20.2. The van der Waals surface area contributed by atoms with Crippen LogP contribution in [-0.4, -0.2) is 83.8 Å². The topological polar surface area (TPSA) is 47.1 Å². The van der Waals surface area contributed by atoms with Crippen LogP contribution in [-0.2, 0) is 16.1 Å². The number of hydrogen-bond donors (Lipinski definition) is 0. The smallest absolute Gasteiger partial charge is 0.278 e. The number of hydrogen-bond acceptors (Lipinski definition) is 5. The molecule has 0 atom stereocenters. The van der Waals surface area contributed by atoms with Crippen molar-refractivity contribution in [1.82, 2.24) is 19.6 Å². The van der Waals surface area contributed by atoms with Crippen molar-refractivity contribution in [3.05, 3.63) is 77.5 Å². The molecule has 33 heavy (non-hydrogen) atoms. The van der Waals surface area contributed by atoms with Crippen molar-refractivity contribution >= 4 is 17.4 Å². The van der Waals surface area contributed by atoms with Crippen LogP contribution in [0.5, 0.6) is 0 Å². The molecule has 3 heterocycles. The summed E-state index contributed by atoms with van der Waals surface area (Å²) < 4.78 is 0. The summed E-state index contributed by atoms with van der Waals surface area (Å²) >= 11 is 0. The average molecular weight is 445 g/mol. The van der Waals surface area contributed by atoms with Gasteiger partial charge in [-0.3, -0.25) is 19.4 Å². The summed E-state index contributed by atoms with van der Waals surface area (Å²) in [7, 11) is 2.10. The molecule has 0 radical (unpaired) electrons. The van der Waals surface area contributed by atoms with Crippen LogP contribution in [0.4, 0.5) is 0 Å². The molecule has 0 N–H and O–H groups in total. The Morgan fingerprint density at radius 3 is 2.00 bits per heavy atom. The Bertz CT molecular complexity index is 1020. The minimum absolute atomic E-state index is 0.0410. The van der Waals surface area contributed by atoms with E-state index in [2.05, 4.69) is 46.0 Å². The number of carbonyl (C=O) groups excluding carboxylic acids is 2. The highest BCUT2D eigenvalue weighted by Gasteiger charge is 2.45. The third-order valence-electron chi connectivity index (χ3n) is 7.14. The van der Waals surface area contributed by atoms with Gasteiger partial charge in [0.05, 0.1) is 5.57 Å². The van der Waals surface area contributed by atoms with Crippen LogP contribution in [0.1, 0.15) is 24.0 Å². The summed E-state index contributed by atoms with van der Waals surface area (Å²) in [5.74, 6) is -0.230. The molecule has 3 aliphatic heterocycles. The van der Waals surface area contributed by atoms with Crippen molar-refractivity contribution in [3.8, 4) is 0 Å². The molecule has 0 aliphatic carbocycles. The van der Waals surface area contributed by atoms with Crippen LogP contribution in [0, 0.1) is 0 Å². The van der Waals surface area contributed by atoms with Gasteiger partial charge in [0.1, 0.15) is 5.70 Å².